The molecule has 25 heavy (non-hydrogen) atoms. The first kappa shape index (κ1) is 17.5. The molecule has 0 aliphatic carbocycles. The molecule has 3 rings (SSSR count). The van der Waals surface area contributed by atoms with E-state index in [9.17, 15) is 13.2 Å². The van der Waals surface area contributed by atoms with E-state index in [2.05, 4.69) is 0 Å². The monoisotopic (exact) mass is 377 g/mol. The minimum absolute atomic E-state index is 0.0365. The normalized spacial score (nSPS) is 11.6. The van der Waals surface area contributed by atoms with Gasteiger partial charge in [0.1, 0.15) is 10.6 Å². The van der Waals surface area contributed by atoms with Crippen LogP contribution in [0.2, 0.25) is 5.02 Å². The van der Waals surface area contributed by atoms with Crippen molar-refractivity contribution in [3.63, 3.8) is 0 Å². The molecule has 0 atom stereocenters. The van der Waals surface area contributed by atoms with Gasteiger partial charge in [0.05, 0.1) is 17.5 Å². The minimum atomic E-state index is -3.96. The molecular weight excluding hydrogens is 362 g/mol. The number of fused-ring (bicyclic) bond motifs is 1. The van der Waals surface area contributed by atoms with Crippen molar-refractivity contribution in [2.75, 3.05) is 7.11 Å². The number of methoxy groups -OCH3 is 1. The van der Waals surface area contributed by atoms with Crippen molar-refractivity contribution < 1.29 is 13.2 Å². The van der Waals surface area contributed by atoms with Crippen molar-refractivity contribution >= 4 is 32.3 Å². The van der Waals surface area contributed by atoms with Crippen LogP contribution in [0.4, 0.5) is 0 Å². The summed E-state index contributed by atoms with van der Waals surface area (Å²) in [6.45, 7) is 2.39. The first-order valence-corrected chi connectivity index (χ1v) is 9.46. The van der Waals surface area contributed by atoms with Crippen LogP contribution >= 0.6 is 11.6 Å². The first-order valence-electron chi connectivity index (χ1n) is 7.60. The highest BCUT2D eigenvalue weighted by Gasteiger charge is 2.23. The summed E-state index contributed by atoms with van der Waals surface area (Å²) in [5, 5.41) is 0.662. The quantitative estimate of drug-likeness (QED) is 0.697. The molecule has 3 aromatic rings. The van der Waals surface area contributed by atoms with Gasteiger partial charge in [0.25, 0.3) is 0 Å². The average Bonchev–Trinajstić information content (AvgIpc) is 2.62. The maximum Gasteiger partial charge on any atom is 0.211 e. The van der Waals surface area contributed by atoms with Gasteiger partial charge in [0.15, 0.2) is 0 Å². The predicted molar refractivity (Wildman–Crippen MR) is 97.3 cm³/mol. The molecule has 0 aliphatic heterocycles. The van der Waals surface area contributed by atoms with Gasteiger partial charge in [-0.2, -0.15) is 0 Å². The minimum Gasteiger partial charge on any atom is -0.497 e. The number of aromatic nitrogens is 1. The number of nitrogens with zero attached hydrogens (tertiary/aromatic N) is 1. The van der Waals surface area contributed by atoms with Crippen LogP contribution < -0.4 is 10.2 Å². The van der Waals surface area contributed by atoms with Crippen LogP contribution in [0.3, 0.4) is 0 Å². The average molecular weight is 378 g/mol. The largest absolute Gasteiger partial charge is 0.497 e. The van der Waals surface area contributed by atoms with E-state index in [1.807, 2.05) is 6.92 Å². The molecule has 0 saturated heterocycles. The van der Waals surface area contributed by atoms with E-state index in [-0.39, 0.29) is 15.2 Å². The lowest BCUT2D eigenvalue weighted by molar-refractivity contribution is 0.414. The fourth-order valence-electron chi connectivity index (χ4n) is 2.68. The highest BCUT2D eigenvalue weighted by molar-refractivity contribution is 7.91. The van der Waals surface area contributed by atoms with Crippen LogP contribution in [0.25, 0.3) is 10.9 Å². The van der Waals surface area contributed by atoms with Gasteiger partial charge in [-0.3, -0.25) is 4.79 Å². The third-order valence-electron chi connectivity index (χ3n) is 4.01. The maximum atomic E-state index is 13.0. The van der Waals surface area contributed by atoms with Gasteiger partial charge >= 0.3 is 0 Å². The molecule has 0 spiro atoms. The third kappa shape index (κ3) is 3.03. The van der Waals surface area contributed by atoms with Crippen LogP contribution in [-0.4, -0.2) is 20.1 Å². The zero-order valence-electron chi connectivity index (χ0n) is 13.7. The van der Waals surface area contributed by atoms with E-state index in [1.54, 1.807) is 28.8 Å². The van der Waals surface area contributed by atoms with E-state index in [0.717, 1.165) is 0 Å². The first-order chi connectivity index (χ1) is 11.9. The molecule has 0 fully saturated rings. The van der Waals surface area contributed by atoms with E-state index >= 15 is 0 Å². The molecule has 1 aromatic heterocycles. The van der Waals surface area contributed by atoms with Crippen LogP contribution in [0.5, 0.6) is 5.75 Å². The van der Waals surface area contributed by atoms with Crippen LogP contribution in [0, 0.1) is 0 Å². The maximum absolute atomic E-state index is 13.0. The number of aryl methyl sites for hydroxylation is 1. The zero-order chi connectivity index (χ0) is 18.2. The molecule has 0 N–H and O–H groups in total. The molecule has 130 valence electrons. The van der Waals surface area contributed by atoms with E-state index in [1.165, 1.54) is 31.5 Å². The lowest BCUT2D eigenvalue weighted by Gasteiger charge is -2.12. The number of sulfone groups is 1. The van der Waals surface area contributed by atoms with Gasteiger partial charge in [-0.1, -0.05) is 11.6 Å². The van der Waals surface area contributed by atoms with Crippen molar-refractivity contribution in [3.05, 3.63) is 63.9 Å². The third-order valence-corrected chi connectivity index (χ3v) is 6.01. The van der Waals surface area contributed by atoms with E-state index in [4.69, 9.17) is 16.3 Å². The lowest BCUT2D eigenvalue weighted by atomic mass is 10.2. The van der Waals surface area contributed by atoms with E-state index in [0.29, 0.717) is 22.8 Å². The topological polar surface area (TPSA) is 65.4 Å². The standard InChI is InChI=1S/C18H16ClNO4S/c1-3-20-11-17(18(21)15-10-12(19)4-9-16(15)20)25(22,23)14-7-5-13(24-2)6-8-14/h4-11H,3H2,1-2H3. The summed E-state index contributed by atoms with van der Waals surface area (Å²) in [6, 6.07) is 10.8. The Morgan fingerprint density at radius 2 is 1.80 bits per heavy atom. The predicted octanol–water partition coefficient (Wildman–Crippen LogP) is 3.52. The molecule has 0 unspecified atom stereocenters. The number of ether oxygens (including phenoxy) is 1. The second-order valence-corrected chi connectivity index (χ2v) is 7.80. The summed E-state index contributed by atoms with van der Waals surface area (Å²) in [4.78, 5) is 12.6. The van der Waals surface area contributed by atoms with Crippen molar-refractivity contribution in [2.45, 2.75) is 23.3 Å². The van der Waals surface area contributed by atoms with Crippen molar-refractivity contribution in [2.24, 2.45) is 0 Å². The summed E-state index contributed by atoms with van der Waals surface area (Å²) in [5.74, 6) is 0.537. The lowest BCUT2D eigenvalue weighted by Crippen LogP contribution is -2.19. The number of benzene rings is 2. The molecule has 5 nitrogen and oxygen atoms in total. The molecule has 2 aromatic carbocycles. The van der Waals surface area contributed by atoms with Gasteiger partial charge in [0.2, 0.25) is 15.3 Å². The Bertz CT molecular complexity index is 1100. The number of rotatable bonds is 4. The Kier molecular flexibility index (Phi) is 4.58. The van der Waals surface area contributed by atoms with Gasteiger partial charge in [-0.15, -0.1) is 0 Å². The Labute approximate surface area is 150 Å². The van der Waals surface area contributed by atoms with Crippen molar-refractivity contribution in [1.82, 2.24) is 4.57 Å². The molecule has 1 heterocycles. The smallest absolute Gasteiger partial charge is 0.211 e. The molecular formula is C18H16ClNO4S. The summed E-state index contributed by atoms with van der Waals surface area (Å²) in [7, 11) is -2.47. The van der Waals surface area contributed by atoms with Gasteiger partial charge < -0.3 is 9.30 Å². The zero-order valence-corrected chi connectivity index (χ0v) is 15.3. The second-order valence-electron chi connectivity index (χ2n) is 5.45. The van der Waals surface area contributed by atoms with Crippen molar-refractivity contribution in [1.29, 1.82) is 0 Å². The molecule has 0 bridgehead atoms. The summed E-state index contributed by atoms with van der Waals surface area (Å²) >= 11 is 5.99. The van der Waals surface area contributed by atoms with Crippen molar-refractivity contribution in [3.8, 4) is 5.75 Å². The summed E-state index contributed by atoms with van der Waals surface area (Å²) in [5.41, 5.74) is 0.0867. The number of halogens is 1. The molecule has 7 heteroatoms. The van der Waals surface area contributed by atoms with E-state index < -0.39 is 15.3 Å². The Hall–Kier alpha value is -2.31. The molecule has 0 amide bonds. The highest BCUT2D eigenvalue weighted by Crippen LogP contribution is 2.24. The van der Waals surface area contributed by atoms with Crippen LogP contribution in [-0.2, 0) is 16.4 Å². The van der Waals surface area contributed by atoms with Crippen LogP contribution in [0.15, 0.2) is 63.2 Å². The SMILES string of the molecule is CCn1cc(S(=O)(=O)c2ccc(OC)cc2)c(=O)c2cc(Cl)ccc21. The Balaban J connectivity index is 2.30. The summed E-state index contributed by atoms with van der Waals surface area (Å²) < 4.78 is 32.7. The summed E-state index contributed by atoms with van der Waals surface area (Å²) in [6.07, 6.45) is 1.39. The molecule has 0 radical (unpaired) electrons. The van der Waals surface area contributed by atoms with Gasteiger partial charge in [0, 0.05) is 23.2 Å². The number of hydrogen-bond donors (Lipinski definition) is 0. The fourth-order valence-corrected chi connectivity index (χ4v) is 4.22. The Morgan fingerprint density at radius 1 is 1.12 bits per heavy atom. The highest BCUT2D eigenvalue weighted by atomic mass is 35.5. The van der Waals surface area contributed by atoms with Gasteiger partial charge in [-0.05, 0) is 49.4 Å². The van der Waals surface area contributed by atoms with Crippen LogP contribution in [0.1, 0.15) is 6.92 Å². The number of hydrogen-bond acceptors (Lipinski definition) is 4. The number of pyridine rings is 1. The molecule has 0 aliphatic rings. The van der Waals surface area contributed by atoms with Gasteiger partial charge in [-0.25, -0.2) is 8.42 Å². The fraction of sp³-hybridized carbons (Fsp3) is 0.167. The molecule has 0 saturated carbocycles. The second kappa shape index (κ2) is 6.54. The Morgan fingerprint density at radius 3 is 2.40 bits per heavy atom.